The van der Waals surface area contributed by atoms with E-state index in [0.29, 0.717) is 5.92 Å². The van der Waals surface area contributed by atoms with Gasteiger partial charge in [-0.25, -0.2) is 0 Å². The van der Waals surface area contributed by atoms with E-state index < -0.39 is 0 Å². The van der Waals surface area contributed by atoms with Crippen LogP contribution in [0.4, 0.5) is 0 Å². The van der Waals surface area contributed by atoms with Crippen LogP contribution in [0.15, 0.2) is 193 Å². The summed E-state index contributed by atoms with van der Waals surface area (Å²) in [6.45, 7) is 2.20. The summed E-state index contributed by atoms with van der Waals surface area (Å²) >= 11 is 0. The van der Waals surface area contributed by atoms with Gasteiger partial charge in [-0.1, -0.05) is 170 Å². The summed E-state index contributed by atoms with van der Waals surface area (Å²) in [5.41, 5.74) is 12.5. The van der Waals surface area contributed by atoms with E-state index in [2.05, 4.69) is 183 Å². The van der Waals surface area contributed by atoms with Crippen molar-refractivity contribution in [3.05, 3.63) is 221 Å². The number of ether oxygens (including phenoxy) is 2. The smallest absolute Gasteiger partial charge is 0.121 e. The number of fused-ring (bicyclic) bond motifs is 3. The topological polar surface area (TPSA) is 18.5 Å². The molecule has 1 saturated heterocycles. The molecule has 0 N–H and O–H groups in total. The zero-order valence-electron chi connectivity index (χ0n) is 28.9. The molecule has 5 aromatic rings. The van der Waals surface area contributed by atoms with Crippen LogP contribution in [0.1, 0.15) is 59.4 Å². The van der Waals surface area contributed by atoms with E-state index in [1.165, 1.54) is 55.7 Å². The van der Waals surface area contributed by atoms with Crippen LogP contribution in [-0.2, 0) is 9.47 Å². The van der Waals surface area contributed by atoms with E-state index in [0.717, 1.165) is 18.6 Å². The second-order valence-electron chi connectivity index (χ2n) is 14.2. The van der Waals surface area contributed by atoms with Crippen molar-refractivity contribution in [2.75, 3.05) is 0 Å². The average Bonchev–Trinajstić information content (AvgIpc) is 3.59. The molecule has 2 aliphatic heterocycles. The van der Waals surface area contributed by atoms with Crippen molar-refractivity contribution in [2.45, 2.75) is 49.9 Å². The second kappa shape index (κ2) is 13.7. The van der Waals surface area contributed by atoms with E-state index in [-0.39, 0.29) is 30.1 Å². The van der Waals surface area contributed by atoms with Gasteiger partial charge in [0.15, 0.2) is 0 Å². The molecule has 0 saturated carbocycles. The third-order valence-corrected chi connectivity index (χ3v) is 11.2. The Morgan fingerprint density at radius 1 is 0.549 bits per heavy atom. The van der Waals surface area contributed by atoms with E-state index in [1.54, 1.807) is 0 Å². The van der Waals surface area contributed by atoms with Gasteiger partial charge in [0.1, 0.15) is 11.9 Å². The van der Waals surface area contributed by atoms with Crippen molar-refractivity contribution >= 4 is 16.7 Å². The Morgan fingerprint density at radius 3 is 1.73 bits per heavy atom. The highest BCUT2D eigenvalue weighted by molar-refractivity contribution is 5.85. The van der Waals surface area contributed by atoms with Crippen LogP contribution >= 0.6 is 0 Å². The fraction of sp³-hybridized carbons (Fsp3) is 0.184. The van der Waals surface area contributed by atoms with E-state index in [4.69, 9.17) is 9.47 Å². The zero-order chi connectivity index (χ0) is 34.1. The molecule has 0 radical (unpaired) electrons. The molecular formula is C49H42O2. The normalized spacial score (nSPS) is 27.7. The summed E-state index contributed by atoms with van der Waals surface area (Å²) in [7, 11) is 0. The summed E-state index contributed by atoms with van der Waals surface area (Å²) in [5.74, 6) is 1.51. The van der Waals surface area contributed by atoms with Crippen LogP contribution in [0, 0.1) is 5.92 Å². The van der Waals surface area contributed by atoms with Crippen molar-refractivity contribution in [1.82, 2.24) is 0 Å². The second-order valence-corrected chi connectivity index (χ2v) is 14.2. The summed E-state index contributed by atoms with van der Waals surface area (Å²) in [4.78, 5) is 0. The zero-order valence-corrected chi connectivity index (χ0v) is 28.9. The highest BCUT2D eigenvalue weighted by Crippen LogP contribution is 2.55. The molecular weight excluding hydrogens is 621 g/mol. The molecule has 2 nitrogen and oxygen atoms in total. The highest BCUT2D eigenvalue weighted by atomic mass is 16.5. The molecule has 51 heavy (non-hydrogen) atoms. The molecule has 2 heteroatoms. The SMILES string of the molecule is CC1OC2=C(C=C3C(OC4C(c5ccccc5)=CC(c5ccccc5)C[C@H]34)C2c2ccccc2)C/C=C(c2ccccc2)\C=C/1c1ccccc1. The molecule has 2 heterocycles. The molecule has 1 fully saturated rings. The molecule has 0 amide bonds. The van der Waals surface area contributed by atoms with Crippen molar-refractivity contribution in [1.29, 1.82) is 0 Å². The van der Waals surface area contributed by atoms with Crippen LogP contribution in [0.25, 0.3) is 16.7 Å². The molecule has 2 aliphatic carbocycles. The molecule has 6 atom stereocenters. The van der Waals surface area contributed by atoms with Crippen LogP contribution in [0.3, 0.4) is 0 Å². The summed E-state index contributed by atoms with van der Waals surface area (Å²) in [5, 5.41) is 0. The van der Waals surface area contributed by atoms with E-state index in [9.17, 15) is 0 Å². The van der Waals surface area contributed by atoms with Crippen LogP contribution in [-0.4, -0.2) is 18.3 Å². The van der Waals surface area contributed by atoms with Crippen molar-refractivity contribution < 1.29 is 9.47 Å². The lowest BCUT2D eigenvalue weighted by atomic mass is 9.70. The van der Waals surface area contributed by atoms with E-state index >= 15 is 0 Å². The number of hydrogen-bond acceptors (Lipinski definition) is 2. The Bertz CT molecular complexity index is 2160. The lowest BCUT2D eigenvalue weighted by Crippen LogP contribution is -2.29. The Balaban J connectivity index is 1.20. The first kappa shape index (κ1) is 31.5. The van der Waals surface area contributed by atoms with Gasteiger partial charge in [0, 0.05) is 11.8 Å². The lowest BCUT2D eigenvalue weighted by molar-refractivity contribution is 0.0411. The van der Waals surface area contributed by atoms with Crippen LogP contribution in [0.5, 0.6) is 0 Å². The van der Waals surface area contributed by atoms with Gasteiger partial charge in [-0.3, -0.25) is 0 Å². The Hall–Kier alpha value is -5.44. The van der Waals surface area contributed by atoms with Gasteiger partial charge in [-0.2, -0.15) is 0 Å². The number of allylic oxidation sites excluding steroid dienone is 6. The van der Waals surface area contributed by atoms with Crippen LogP contribution in [0.2, 0.25) is 0 Å². The minimum Gasteiger partial charge on any atom is -0.489 e. The third kappa shape index (κ3) is 6.04. The van der Waals surface area contributed by atoms with Crippen molar-refractivity contribution in [3.8, 4) is 0 Å². The Morgan fingerprint density at radius 2 is 1.10 bits per heavy atom. The lowest BCUT2D eigenvalue weighted by Gasteiger charge is -2.35. The monoisotopic (exact) mass is 662 g/mol. The highest BCUT2D eigenvalue weighted by Gasteiger charge is 2.51. The maximum Gasteiger partial charge on any atom is 0.121 e. The minimum atomic E-state index is -0.185. The Labute approximate surface area is 301 Å². The number of hydrogen-bond donors (Lipinski definition) is 0. The molecule has 250 valence electrons. The fourth-order valence-electron chi connectivity index (χ4n) is 8.71. The molecule has 5 aromatic carbocycles. The fourth-order valence-corrected chi connectivity index (χ4v) is 8.71. The van der Waals surface area contributed by atoms with Gasteiger partial charge in [0.05, 0.1) is 18.1 Å². The standard InChI is InChI=1S/C49H42O2/c1-33-42(36-21-11-4-12-22-36)29-39(34-17-7-2-8-18-34)27-28-40-30-45-44-32-41(35-19-9-3-10-20-35)31-43(37-23-13-5-14-24-37)48(44)51-49(45)46(47(40)50-33)38-25-15-6-16-26-38/h2-27,29-31,33,41,44,46,48-49H,28,32H2,1H3/b39-27+,42-29+/t33?,41?,44-,46?,48?,49?/m1/s1. The minimum absolute atomic E-state index is 0.0315. The molecule has 0 aromatic heterocycles. The molecule has 0 bridgehead atoms. The molecule has 4 aliphatic rings. The predicted octanol–water partition coefficient (Wildman–Crippen LogP) is 11.6. The van der Waals surface area contributed by atoms with Gasteiger partial charge < -0.3 is 9.47 Å². The molecule has 9 rings (SSSR count). The maximum absolute atomic E-state index is 7.40. The average molecular weight is 663 g/mol. The first-order valence-electron chi connectivity index (χ1n) is 18.4. The number of benzene rings is 5. The largest absolute Gasteiger partial charge is 0.489 e. The first-order valence-corrected chi connectivity index (χ1v) is 18.4. The summed E-state index contributed by atoms with van der Waals surface area (Å²) in [6, 6.07) is 54.2. The van der Waals surface area contributed by atoms with Crippen molar-refractivity contribution in [2.24, 2.45) is 5.92 Å². The summed E-state index contributed by atoms with van der Waals surface area (Å²) < 4.78 is 14.7. The first-order chi connectivity index (χ1) is 25.2. The molecule has 0 spiro atoms. The van der Waals surface area contributed by atoms with Gasteiger partial charge in [0.25, 0.3) is 0 Å². The van der Waals surface area contributed by atoms with Crippen LogP contribution < -0.4 is 0 Å². The molecule has 5 unspecified atom stereocenters. The maximum atomic E-state index is 7.40. The quantitative estimate of drug-likeness (QED) is 0.186. The van der Waals surface area contributed by atoms with Gasteiger partial charge in [-0.05, 0) is 81.5 Å². The number of rotatable bonds is 5. The Kier molecular flexibility index (Phi) is 8.47. The summed E-state index contributed by atoms with van der Waals surface area (Å²) in [6.07, 6.45) is 11.1. The van der Waals surface area contributed by atoms with E-state index in [1.807, 2.05) is 0 Å². The predicted molar refractivity (Wildman–Crippen MR) is 209 cm³/mol. The van der Waals surface area contributed by atoms with Gasteiger partial charge in [-0.15, -0.1) is 0 Å². The van der Waals surface area contributed by atoms with Gasteiger partial charge >= 0.3 is 0 Å². The van der Waals surface area contributed by atoms with Crippen molar-refractivity contribution in [3.63, 3.8) is 0 Å². The third-order valence-electron chi connectivity index (χ3n) is 11.2. The van der Waals surface area contributed by atoms with Gasteiger partial charge in [0.2, 0.25) is 0 Å².